The molecule has 0 aliphatic carbocycles. The van der Waals surface area contributed by atoms with Gasteiger partial charge in [-0.15, -0.1) is 0 Å². The lowest BCUT2D eigenvalue weighted by atomic mass is 9.99. The Morgan fingerprint density at radius 3 is 1.41 bits per heavy atom. The zero-order valence-corrected chi connectivity index (χ0v) is 16.2. The smallest absolute Gasteiger partial charge is 0.0262 e. The molecule has 0 radical (unpaired) electrons. The molecule has 0 nitrogen and oxygen atoms in total. The lowest BCUT2D eigenvalue weighted by Gasteiger charge is -2.08. The highest BCUT2D eigenvalue weighted by Gasteiger charge is 1.99. The molecule has 0 aliphatic heterocycles. The van der Waals surface area contributed by atoms with Gasteiger partial charge in [0.05, 0.1) is 0 Å². The normalized spacial score (nSPS) is 14.5. The third-order valence-electron chi connectivity index (χ3n) is 4.93. The van der Waals surface area contributed by atoms with Crippen LogP contribution >= 0.6 is 0 Å². The Hall–Kier alpha value is -0.260. The van der Waals surface area contributed by atoms with Crippen LogP contribution in [0.25, 0.3) is 0 Å². The first-order valence-electron chi connectivity index (χ1n) is 10.4. The van der Waals surface area contributed by atoms with E-state index in [0.29, 0.717) is 0 Å². The summed E-state index contributed by atoms with van der Waals surface area (Å²) in [5.41, 5.74) is 0. The number of hydrogen-bond acceptors (Lipinski definition) is 0. The highest BCUT2D eigenvalue weighted by molar-refractivity contribution is 4.89. The maximum atomic E-state index is 2.44. The highest BCUT2D eigenvalue weighted by atomic mass is 14.1. The van der Waals surface area contributed by atoms with Crippen LogP contribution in [0.1, 0.15) is 118 Å². The summed E-state index contributed by atoms with van der Waals surface area (Å²) in [4.78, 5) is 0. The highest BCUT2D eigenvalue weighted by Crippen LogP contribution is 2.15. The quantitative estimate of drug-likeness (QED) is 0.198. The van der Waals surface area contributed by atoms with E-state index in [9.17, 15) is 0 Å². The van der Waals surface area contributed by atoms with Crippen LogP contribution in [0.4, 0.5) is 0 Å². The van der Waals surface area contributed by atoms with Gasteiger partial charge in [0.2, 0.25) is 0 Å². The minimum absolute atomic E-state index is 0.754. The third-order valence-corrected chi connectivity index (χ3v) is 4.93. The van der Waals surface area contributed by atoms with Gasteiger partial charge in [0.1, 0.15) is 0 Å². The number of allylic oxidation sites excluding steroid dienone is 2. The molecule has 0 heterocycles. The van der Waals surface area contributed by atoms with E-state index in [4.69, 9.17) is 0 Å². The summed E-state index contributed by atoms with van der Waals surface area (Å²) in [5, 5.41) is 0. The van der Waals surface area contributed by atoms with Crippen molar-refractivity contribution in [3.63, 3.8) is 0 Å². The molecule has 0 aromatic heterocycles. The minimum atomic E-state index is 0.754. The molecule has 0 amide bonds. The van der Waals surface area contributed by atoms with Crippen molar-refractivity contribution in [3.05, 3.63) is 12.2 Å². The summed E-state index contributed by atoms with van der Waals surface area (Å²) in [6.07, 6.45) is 24.9. The van der Waals surface area contributed by atoms with Crippen LogP contribution in [-0.4, -0.2) is 0 Å². The summed E-state index contributed by atoms with van der Waals surface area (Å²) in [6.45, 7) is 9.25. The van der Waals surface area contributed by atoms with Crippen molar-refractivity contribution in [2.45, 2.75) is 118 Å². The van der Waals surface area contributed by atoms with Crippen LogP contribution in [-0.2, 0) is 0 Å². The molecule has 2 atom stereocenters. The monoisotopic (exact) mass is 308 g/mol. The second-order valence-electron chi connectivity index (χ2n) is 7.43. The van der Waals surface area contributed by atoms with E-state index in [1.54, 1.807) is 0 Å². The van der Waals surface area contributed by atoms with Crippen molar-refractivity contribution >= 4 is 0 Å². The summed E-state index contributed by atoms with van der Waals surface area (Å²) < 4.78 is 0. The molecule has 22 heavy (non-hydrogen) atoms. The van der Waals surface area contributed by atoms with E-state index in [-0.39, 0.29) is 0 Å². The Balaban J connectivity index is 3.21. The second-order valence-corrected chi connectivity index (χ2v) is 7.43. The summed E-state index contributed by atoms with van der Waals surface area (Å²) in [7, 11) is 0. The molecule has 0 N–H and O–H groups in total. The van der Waals surface area contributed by atoms with Gasteiger partial charge in [-0.1, -0.05) is 123 Å². The molecule has 0 aliphatic rings. The largest absolute Gasteiger partial charge is 0.0854 e. The fourth-order valence-corrected chi connectivity index (χ4v) is 2.92. The van der Waals surface area contributed by atoms with Crippen LogP contribution in [0.2, 0.25) is 0 Å². The first-order chi connectivity index (χ1) is 10.7. The van der Waals surface area contributed by atoms with Crippen molar-refractivity contribution in [1.29, 1.82) is 0 Å². The molecule has 0 aromatic rings. The van der Waals surface area contributed by atoms with E-state index in [2.05, 4.69) is 39.8 Å². The van der Waals surface area contributed by atoms with Gasteiger partial charge in [-0.2, -0.15) is 0 Å². The van der Waals surface area contributed by atoms with Crippen molar-refractivity contribution in [2.75, 3.05) is 0 Å². The molecule has 0 rings (SSSR count). The second kappa shape index (κ2) is 17.1. The van der Waals surface area contributed by atoms with Gasteiger partial charge in [-0.25, -0.2) is 0 Å². The molecule has 0 bridgehead atoms. The van der Waals surface area contributed by atoms with E-state index >= 15 is 0 Å². The SMILES string of the molecule is CCCCCCCCCCCCCC[C@@H](C)/C=C\[C@H](C)CC. The number of unbranched alkanes of at least 4 members (excludes halogenated alkanes) is 11. The van der Waals surface area contributed by atoms with Gasteiger partial charge in [0, 0.05) is 0 Å². The maximum absolute atomic E-state index is 2.44. The average molecular weight is 309 g/mol. The van der Waals surface area contributed by atoms with Crippen LogP contribution < -0.4 is 0 Å². The Morgan fingerprint density at radius 2 is 0.955 bits per heavy atom. The predicted octanol–water partition coefficient (Wildman–Crippen LogP) is 8.32. The molecule has 0 fully saturated rings. The minimum Gasteiger partial charge on any atom is -0.0854 e. The van der Waals surface area contributed by atoms with Crippen molar-refractivity contribution in [1.82, 2.24) is 0 Å². The van der Waals surface area contributed by atoms with Gasteiger partial charge >= 0.3 is 0 Å². The van der Waals surface area contributed by atoms with Gasteiger partial charge in [-0.05, 0) is 18.3 Å². The molecule has 0 saturated heterocycles. The van der Waals surface area contributed by atoms with Crippen LogP contribution in [0.15, 0.2) is 12.2 Å². The van der Waals surface area contributed by atoms with E-state index in [0.717, 1.165) is 11.8 Å². The van der Waals surface area contributed by atoms with Gasteiger partial charge in [0.25, 0.3) is 0 Å². The molecule has 0 aromatic carbocycles. The topological polar surface area (TPSA) is 0 Å². The average Bonchev–Trinajstić information content (AvgIpc) is 2.53. The first kappa shape index (κ1) is 21.7. The van der Waals surface area contributed by atoms with Crippen LogP contribution in [0, 0.1) is 11.8 Å². The third kappa shape index (κ3) is 16.1. The molecule has 0 unspecified atom stereocenters. The first-order valence-corrected chi connectivity index (χ1v) is 10.4. The molecule has 0 spiro atoms. The predicted molar refractivity (Wildman–Crippen MR) is 103 cm³/mol. The Morgan fingerprint density at radius 1 is 0.545 bits per heavy atom. The molecular formula is C22H44. The maximum Gasteiger partial charge on any atom is -0.0262 e. The molecule has 0 heteroatoms. The lowest BCUT2D eigenvalue weighted by Crippen LogP contribution is -1.92. The zero-order chi connectivity index (χ0) is 16.5. The van der Waals surface area contributed by atoms with Crippen molar-refractivity contribution < 1.29 is 0 Å². The fourth-order valence-electron chi connectivity index (χ4n) is 2.92. The van der Waals surface area contributed by atoms with E-state index in [1.807, 2.05) is 0 Å². The summed E-state index contributed by atoms with van der Waals surface area (Å²) in [6, 6.07) is 0. The van der Waals surface area contributed by atoms with Crippen molar-refractivity contribution in [2.24, 2.45) is 11.8 Å². The van der Waals surface area contributed by atoms with Gasteiger partial charge < -0.3 is 0 Å². The van der Waals surface area contributed by atoms with Crippen LogP contribution in [0.3, 0.4) is 0 Å². The Bertz CT molecular complexity index is 228. The standard InChI is InChI=1S/C22H44/c1-5-7-8-9-10-11-12-13-14-15-16-17-18-22(4)20-19-21(3)6-2/h19-22H,5-18H2,1-4H3/b20-19-/t21-,22-/m1/s1. The van der Waals surface area contributed by atoms with E-state index < -0.39 is 0 Å². The molecule has 0 saturated carbocycles. The van der Waals surface area contributed by atoms with Crippen molar-refractivity contribution in [3.8, 4) is 0 Å². The lowest BCUT2D eigenvalue weighted by molar-refractivity contribution is 0.520. The number of hydrogen-bond donors (Lipinski definition) is 0. The number of rotatable bonds is 16. The molecular weight excluding hydrogens is 264 g/mol. The zero-order valence-electron chi connectivity index (χ0n) is 16.2. The molecule has 132 valence electrons. The summed E-state index contributed by atoms with van der Waals surface area (Å²) in [5.74, 6) is 1.53. The van der Waals surface area contributed by atoms with Gasteiger partial charge in [-0.3, -0.25) is 0 Å². The Kier molecular flexibility index (Phi) is 16.9. The summed E-state index contributed by atoms with van der Waals surface area (Å²) >= 11 is 0. The van der Waals surface area contributed by atoms with Gasteiger partial charge in [0.15, 0.2) is 0 Å². The fraction of sp³-hybridized carbons (Fsp3) is 0.909. The van der Waals surface area contributed by atoms with E-state index in [1.165, 1.54) is 89.9 Å². The van der Waals surface area contributed by atoms with Crippen LogP contribution in [0.5, 0.6) is 0 Å². The Labute approximate surface area is 142 Å².